The summed E-state index contributed by atoms with van der Waals surface area (Å²) in [5, 5.41) is 9.14. The Kier molecular flexibility index (Phi) is 3.75. The van der Waals surface area contributed by atoms with Crippen LogP contribution in [-0.2, 0) is 4.79 Å². The standard InChI is InChI=1S/C14H19NO3/c1-10(14(16)17)12-9-11(5-6-13(12)18-2)15-7-3-4-8-15/h5-6,9-10H,3-4,7-8H2,1-2H3,(H,16,17). The van der Waals surface area contributed by atoms with Gasteiger partial charge >= 0.3 is 5.97 Å². The zero-order valence-electron chi connectivity index (χ0n) is 10.8. The average molecular weight is 249 g/mol. The first kappa shape index (κ1) is 12.7. The summed E-state index contributed by atoms with van der Waals surface area (Å²) < 4.78 is 5.25. The second-order valence-corrected chi connectivity index (χ2v) is 4.68. The van der Waals surface area contributed by atoms with E-state index in [-0.39, 0.29) is 0 Å². The van der Waals surface area contributed by atoms with Crippen molar-refractivity contribution in [1.82, 2.24) is 0 Å². The Balaban J connectivity index is 2.35. The summed E-state index contributed by atoms with van der Waals surface area (Å²) in [6.07, 6.45) is 2.41. The predicted octanol–water partition coefficient (Wildman–Crippen LogP) is 2.48. The smallest absolute Gasteiger partial charge is 0.310 e. The number of carbonyl (C=O) groups is 1. The van der Waals surface area contributed by atoms with E-state index in [9.17, 15) is 4.79 Å². The fourth-order valence-electron chi connectivity index (χ4n) is 2.37. The summed E-state index contributed by atoms with van der Waals surface area (Å²) in [5.74, 6) is -0.734. The molecule has 0 aromatic heterocycles. The van der Waals surface area contributed by atoms with Gasteiger partial charge in [-0.25, -0.2) is 0 Å². The van der Waals surface area contributed by atoms with Crippen molar-refractivity contribution in [1.29, 1.82) is 0 Å². The van der Waals surface area contributed by atoms with E-state index in [2.05, 4.69) is 4.90 Å². The first-order chi connectivity index (χ1) is 8.63. The van der Waals surface area contributed by atoms with E-state index in [1.807, 2.05) is 18.2 Å². The van der Waals surface area contributed by atoms with Gasteiger partial charge in [0.1, 0.15) is 5.75 Å². The molecule has 1 aromatic rings. The van der Waals surface area contributed by atoms with Crippen molar-refractivity contribution in [3.05, 3.63) is 23.8 Å². The lowest BCUT2D eigenvalue weighted by molar-refractivity contribution is -0.138. The number of methoxy groups -OCH3 is 1. The van der Waals surface area contributed by atoms with Gasteiger partial charge in [-0.1, -0.05) is 0 Å². The number of hydrogen-bond donors (Lipinski definition) is 1. The molecule has 1 atom stereocenters. The highest BCUT2D eigenvalue weighted by Crippen LogP contribution is 2.32. The molecule has 0 aliphatic carbocycles. The van der Waals surface area contributed by atoms with E-state index in [1.54, 1.807) is 14.0 Å². The first-order valence-electron chi connectivity index (χ1n) is 6.29. The maximum absolute atomic E-state index is 11.1. The maximum Gasteiger partial charge on any atom is 0.310 e. The Morgan fingerprint density at radius 3 is 2.61 bits per heavy atom. The molecule has 1 heterocycles. The lowest BCUT2D eigenvalue weighted by atomic mass is 9.99. The number of hydrogen-bond acceptors (Lipinski definition) is 3. The van der Waals surface area contributed by atoms with Crippen molar-refractivity contribution in [3.63, 3.8) is 0 Å². The van der Waals surface area contributed by atoms with Crippen LogP contribution in [0.15, 0.2) is 18.2 Å². The molecule has 0 saturated carbocycles. The average Bonchev–Trinajstić information content (AvgIpc) is 2.90. The highest BCUT2D eigenvalue weighted by Gasteiger charge is 2.21. The Labute approximate surface area is 107 Å². The molecule has 4 heteroatoms. The van der Waals surface area contributed by atoms with Gasteiger partial charge in [0.05, 0.1) is 13.0 Å². The number of rotatable bonds is 4. The Hall–Kier alpha value is -1.71. The number of carboxylic acid groups (broad SMARTS) is 1. The van der Waals surface area contributed by atoms with E-state index in [0.29, 0.717) is 5.75 Å². The van der Waals surface area contributed by atoms with Crippen molar-refractivity contribution >= 4 is 11.7 Å². The lowest BCUT2D eigenvalue weighted by Crippen LogP contribution is -2.18. The lowest BCUT2D eigenvalue weighted by Gasteiger charge is -2.21. The molecule has 98 valence electrons. The highest BCUT2D eigenvalue weighted by atomic mass is 16.5. The van der Waals surface area contributed by atoms with Gasteiger partial charge < -0.3 is 14.7 Å². The molecule has 1 N–H and O–H groups in total. The fraction of sp³-hybridized carbons (Fsp3) is 0.500. The minimum absolute atomic E-state index is 0.553. The van der Waals surface area contributed by atoms with Crippen LogP contribution < -0.4 is 9.64 Å². The van der Waals surface area contributed by atoms with Gasteiger partial charge in [0.25, 0.3) is 0 Å². The van der Waals surface area contributed by atoms with Crippen LogP contribution in [0.1, 0.15) is 31.2 Å². The monoisotopic (exact) mass is 249 g/mol. The van der Waals surface area contributed by atoms with E-state index in [1.165, 1.54) is 12.8 Å². The topological polar surface area (TPSA) is 49.8 Å². The van der Waals surface area contributed by atoms with Crippen LogP contribution in [-0.4, -0.2) is 31.3 Å². The molecule has 1 unspecified atom stereocenters. The second kappa shape index (κ2) is 5.29. The van der Waals surface area contributed by atoms with Crippen LogP contribution in [0.2, 0.25) is 0 Å². The van der Waals surface area contributed by atoms with Gasteiger partial charge in [-0.2, -0.15) is 0 Å². The number of aliphatic carboxylic acids is 1. The van der Waals surface area contributed by atoms with Crippen molar-refractivity contribution < 1.29 is 14.6 Å². The molecule has 1 fully saturated rings. The maximum atomic E-state index is 11.1. The Morgan fingerprint density at radius 2 is 2.06 bits per heavy atom. The zero-order chi connectivity index (χ0) is 13.1. The summed E-state index contributed by atoms with van der Waals surface area (Å²) in [6.45, 7) is 3.79. The van der Waals surface area contributed by atoms with Gasteiger partial charge in [-0.3, -0.25) is 4.79 Å². The SMILES string of the molecule is COc1ccc(N2CCCC2)cc1C(C)C(=O)O. The zero-order valence-corrected chi connectivity index (χ0v) is 10.8. The van der Waals surface area contributed by atoms with E-state index < -0.39 is 11.9 Å². The number of ether oxygens (including phenoxy) is 1. The van der Waals surface area contributed by atoms with E-state index in [0.717, 1.165) is 24.3 Å². The van der Waals surface area contributed by atoms with Crippen molar-refractivity contribution in [2.24, 2.45) is 0 Å². The molecule has 18 heavy (non-hydrogen) atoms. The molecular weight excluding hydrogens is 230 g/mol. The number of carboxylic acids is 1. The molecule has 0 radical (unpaired) electrons. The van der Waals surface area contributed by atoms with Crippen LogP contribution >= 0.6 is 0 Å². The van der Waals surface area contributed by atoms with Crippen LogP contribution in [0.3, 0.4) is 0 Å². The third-order valence-corrected chi connectivity index (χ3v) is 3.52. The fourth-order valence-corrected chi connectivity index (χ4v) is 2.37. The molecule has 4 nitrogen and oxygen atoms in total. The van der Waals surface area contributed by atoms with Crippen molar-refractivity contribution in [3.8, 4) is 5.75 Å². The Bertz CT molecular complexity index is 439. The van der Waals surface area contributed by atoms with Crippen molar-refractivity contribution in [2.75, 3.05) is 25.1 Å². The predicted molar refractivity (Wildman–Crippen MR) is 70.5 cm³/mol. The summed E-state index contributed by atoms with van der Waals surface area (Å²) in [7, 11) is 1.57. The summed E-state index contributed by atoms with van der Waals surface area (Å²) in [6, 6.07) is 5.81. The van der Waals surface area contributed by atoms with Gasteiger partial charge in [-0.15, -0.1) is 0 Å². The van der Waals surface area contributed by atoms with Crippen LogP contribution in [0.25, 0.3) is 0 Å². The summed E-state index contributed by atoms with van der Waals surface area (Å²) >= 11 is 0. The quantitative estimate of drug-likeness (QED) is 0.890. The first-order valence-corrected chi connectivity index (χ1v) is 6.29. The van der Waals surface area contributed by atoms with Gasteiger partial charge in [0.2, 0.25) is 0 Å². The minimum atomic E-state index is -0.827. The number of benzene rings is 1. The van der Waals surface area contributed by atoms with Gasteiger partial charge in [0.15, 0.2) is 0 Å². The molecule has 1 aromatic carbocycles. The third-order valence-electron chi connectivity index (χ3n) is 3.52. The van der Waals surface area contributed by atoms with Gasteiger partial charge in [-0.05, 0) is 38.0 Å². The van der Waals surface area contributed by atoms with E-state index in [4.69, 9.17) is 9.84 Å². The molecular formula is C14H19NO3. The molecule has 2 rings (SSSR count). The largest absolute Gasteiger partial charge is 0.496 e. The summed E-state index contributed by atoms with van der Waals surface area (Å²) in [5.41, 5.74) is 1.84. The van der Waals surface area contributed by atoms with E-state index >= 15 is 0 Å². The van der Waals surface area contributed by atoms with Crippen molar-refractivity contribution in [2.45, 2.75) is 25.7 Å². The van der Waals surface area contributed by atoms with Crippen LogP contribution in [0.4, 0.5) is 5.69 Å². The second-order valence-electron chi connectivity index (χ2n) is 4.68. The number of anilines is 1. The molecule has 1 saturated heterocycles. The number of nitrogens with zero attached hydrogens (tertiary/aromatic N) is 1. The Morgan fingerprint density at radius 1 is 1.39 bits per heavy atom. The third kappa shape index (κ3) is 2.42. The highest BCUT2D eigenvalue weighted by molar-refractivity contribution is 5.77. The minimum Gasteiger partial charge on any atom is -0.496 e. The van der Waals surface area contributed by atoms with Crippen LogP contribution in [0.5, 0.6) is 5.75 Å². The summed E-state index contributed by atoms with van der Waals surface area (Å²) in [4.78, 5) is 13.4. The van der Waals surface area contributed by atoms with Gasteiger partial charge in [0, 0.05) is 24.3 Å². The normalized spacial score (nSPS) is 16.7. The molecule has 1 aliphatic rings. The molecule has 0 amide bonds. The molecule has 0 spiro atoms. The molecule has 0 bridgehead atoms. The molecule has 1 aliphatic heterocycles. The van der Waals surface area contributed by atoms with Crippen LogP contribution in [0, 0.1) is 0 Å².